The summed E-state index contributed by atoms with van der Waals surface area (Å²) in [6.07, 6.45) is 6.66. The molecule has 0 saturated carbocycles. The number of hydrogen-bond donors (Lipinski definition) is 2. The quantitative estimate of drug-likeness (QED) is 0.866. The third kappa shape index (κ3) is 4.65. The molecule has 2 atom stereocenters. The maximum absolute atomic E-state index is 12.2. The van der Waals surface area contributed by atoms with Crippen LogP contribution in [0, 0.1) is 0 Å². The Bertz CT molecular complexity index is 606. The lowest BCUT2D eigenvalue weighted by atomic mass is 10.1. The fourth-order valence-corrected chi connectivity index (χ4v) is 2.25. The molecule has 1 aliphatic rings. The van der Waals surface area contributed by atoms with Crippen molar-refractivity contribution in [2.45, 2.75) is 19.1 Å². The molecular formula is C14H19Cl2N5O2. The number of ether oxygens (including phenoxy) is 1. The number of hydrogen-bond acceptors (Lipinski definition) is 5. The predicted octanol–water partition coefficient (Wildman–Crippen LogP) is 1.43. The van der Waals surface area contributed by atoms with Gasteiger partial charge in [-0.15, -0.1) is 24.8 Å². The van der Waals surface area contributed by atoms with Gasteiger partial charge < -0.3 is 15.4 Å². The lowest BCUT2D eigenvalue weighted by Crippen LogP contribution is -2.53. The molecule has 0 aliphatic carbocycles. The van der Waals surface area contributed by atoms with E-state index in [1.807, 2.05) is 25.3 Å². The maximum Gasteiger partial charge on any atom is 0.244 e. The number of morpholine rings is 1. The minimum atomic E-state index is -0.341. The molecule has 2 aromatic heterocycles. The second-order valence-corrected chi connectivity index (χ2v) is 4.87. The van der Waals surface area contributed by atoms with E-state index in [0.29, 0.717) is 18.8 Å². The van der Waals surface area contributed by atoms with E-state index in [1.54, 1.807) is 23.3 Å². The second kappa shape index (κ2) is 8.83. The summed E-state index contributed by atoms with van der Waals surface area (Å²) in [7, 11) is 0. The molecule has 7 nitrogen and oxygen atoms in total. The summed E-state index contributed by atoms with van der Waals surface area (Å²) in [6, 6.07) is 3.30. The Balaban J connectivity index is 0.00000132. The number of nitrogens with one attached hydrogen (secondary N) is 2. The summed E-state index contributed by atoms with van der Waals surface area (Å²) in [5, 5.41) is 6.00. The number of carbonyl (C=O) groups excluding carboxylic acids is 1. The molecule has 0 unspecified atom stereocenters. The molecular weight excluding hydrogens is 341 g/mol. The van der Waals surface area contributed by atoms with Crippen LogP contribution in [-0.2, 0) is 9.53 Å². The van der Waals surface area contributed by atoms with Gasteiger partial charge in [0, 0.05) is 18.9 Å². The van der Waals surface area contributed by atoms with Crippen molar-refractivity contribution in [3.8, 4) is 5.82 Å². The smallest absolute Gasteiger partial charge is 0.244 e. The fourth-order valence-electron chi connectivity index (χ4n) is 2.25. The van der Waals surface area contributed by atoms with Crippen LogP contribution in [0.15, 0.2) is 37.1 Å². The lowest BCUT2D eigenvalue weighted by molar-refractivity contribution is -0.123. The van der Waals surface area contributed by atoms with E-state index in [9.17, 15) is 4.79 Å². The molecule has 0 bridgehead atoms. The van der Waals surface area contributed by atoms with E-state index in [4.69, 9.17) is 4.74 Å². The average Bonchev–Trinajstić information content (AvgIpc) is 3.02. The molecule has 23 heavy (non-hydrogen) atoms. The summed E-state index contributed by atoms with van der Waals surface area (Å²) < 4.78 is 7.26. The highest BCUT2D eigenvalue weighted by atomic mass is 35.5. The Labute approximate surface area is 146 Å². The number of aromatic nitrogens is 3. The number of imidazole rings is 1. The first kappa shape index (κ1) is 19.4. The highest BCUT2D eigenvalue weighted by Gasteiger charge is 2.28. The van der Waals surface area contributed by atoms with Crippen LogP contribution in [0.2, 0.25) is 0 Å². The van der Waals surface area contributed by atoms with Crippen molar-refractivity contribution in [3.63, 3.8) is 0 Å². The van der Waals surface area contributed by atoms with E-state index in [-0.39, 0.29) is 42.9 Å². The second-order valence-electron chi connectivity index (χ2n) is 4.87. The van der Waals surface area contributed by atoms with E-state index in [2.05, 4.69) is 20.6 Å². The zero-order valence-electron chi connectivity index (χ0n) is 12.5. The molecule has 9 heteroatoms. The van der Waals surface area contributed by atoms with Gasteiger partial charge in [0.15, 0.2) is 0 Å². The highest BCUT2D eigenvalue weighted by molar-refractivity contribution is 5.95. The third-order valence-electron chi connectivity index (χ3n) is 3.38. The molecule has 3 rings (SSSR count). The highest BCUT2D eigenvalue weighted by Crippen LogP contribution is 2.12. The standard InChI is InChI=1S/C14H17N5O2.2ClH/c1-10-13(16-5-7-21-10)14(20)18-11-2-3-12(17-8-11)19-6-4-15-9-19;;/h2-4,6,8-10,13,16H,5,7H2,1H3,(H,18,20);2*1H/t10-,13+;;/m1../s1. The number of nitrogens with zero attached hydrogens (tertiary/aromatic N) is 3. The topological polar surface area (TPSA) is 81.1 Å². The van der Waals surface area contributed by atoms with Crippen LogP contribution >= 0.6 is 24.8 Å². The van der Waals surface area contributed by atoms with Gasteiger partial charge in [0.05, 0.1) is 24.6 Å². The van der Waals surface area contributed by atoms with Crippen LogP contribution in [0.25, 0.3) is 5.82 Å². The molecule has 1 aliphatic heterocycles. The normalized spacial score (nSPS) is 20.0. The monoisotopic (exact) mass is 359 g/mol. The molecule has 126 valence electrons. The molecule has 1 fully saturated rings. The predicted molar refractivity (Wildman–Crippen MR) is 91.7 cm³/mol. The number of pyridine rings is 1. The van der Waals surface area contributed by atoms with E-state index >= 15 is 0 Å². The summed E-state index contributed by atoms with van der Waals surface area (Å²) in [5.74, 6) is 0.636. The van der Waals surface area contributed by atoms with Crippen molar-refractivity contribution in [2.75, 3.05) is 18.5 Å². The van der Waals surface area contributed by atoms with E-state index in [1.165, 1.54) is 0 Å². The van der Waals surface area contributed by atoms with Crippen molar-refractivity contribution in [1.29, 1.82) is 0 Å². The number of rotatable bonds is 3. The SMILES string of the molecule is C[C@H]1OCCN[C@@H]1C(=O)Nc1ccc(-n2ccnc2)nc1.Cl.Cl. The van der Waals surface area contributed by atoms with Crippen molar-refractivity contribution in [3.05, 3.63) is 37.1 Å². The summed E-state index contributed by atoms with van der Waals surface area (Å²) >= 11 is 0. The molecule has 0 radical (unpaired) electrons. The van der Waals surface area contributed by atoms with E-state index < -0.39 is 0 Å². The summed E-state index contributed by atoms with van der Waals surface area (Å²) in [4.78, 5) is 20.5. The summed E-state index contributed by atoms with van der Waals surface area (Å²) in [6.45, 7) is 3.20. The van der Waals surface area contributed by atoms with Crippen LogP contribution < -0.4 is 10.6 Å². The van der Waals surface area contributed by atoms with Gasteiger partial charge in [-0.2, -0.15) is 0 Å². The first-order chi connectivity index (χ1) is 10.2. The number of amides is 1. The van der Waals surface area contributed by atoms with Gasteiger partial charge in [-0.3, -0.25) is 9.36 Å². The molecule has 1 amide bonds. The zero-order valence-corrected chi connectivity index (χ0v) is 14.1. The molecule has 1 saturated heterocycles. The first-order valence-electron chi connectivity index (χ1n) is 6.84. The number of anilines is 1. The largest absolute Gasteiger partial charge is 0.375 e. The molecule has 3 heterocycles. The van der Waals surface area contributed by atoms with Gasteiger partial charge in [0.2, 0.25) is 5.91 Å². The van der Waals surface area contributed by atoms with Gasteiger partial charge in [0.1, 0.15) is 18.2 Å². The zero-order chi connectivity index (χ0) is 14.7. The number of halogens is 2. The third-order valence-corrected chi connectivity index (χ3v) is 3.38. The minimum Gasteiger partial charge on any atom is -0.375 e. The molecule has 2 N–H and O–H groups in total. The molecule has 2 aromatic rings. The van der Waals surface area contributed by atoms with Crippen LogP contribution in [0.1, 0.15) is 6.92 Å². The van der Waals surface area contributed by atoms with Gasteiger partial charge >= 0.3 is 0 Å². The first-order valence-corrected chi connectivity index (χ1v) is 6.84. The van der Waals surface area contributed by atoms with Crippen LogP contribution in [0.3, 0.4) is 0 Å². The van der Waals surface area contributed by atoms with Gasteiger partial charge in [-0.1, -0.05) is 0 Å². The molecule has 0 spiro atoms. The van der Waals surface area contributed by atoms with Crippen LogP contribution in [0.4, 0.5) is 5.69 Å². The van der Waals surface area contributed by atoms with Crippen molar-refractivity contribution < 1.29 is 9.53 Å². The van der Waals surface area contributed by atoms with Crippen molar-refractivity contribution >= 4 is 36.4 Å². The minimum absolute atomic E-state index is 0. The lowest BCUT2D eigenvalue weighted by Gasteiger charge is -2.29. The fraction of sp³-hybridized carbons (Fsp3) is 0.357. The maximum atomic E-state index is 12.2. The Morgan fingerprint density at radius 1 is 1.43 bits per heavy atom. The van der Waals surface area contributed by atoms with Crippen molar-refractivity contribution in [1.82, 2.24) is 19.9 Å². The van der Waals surface area contributed by atoms with Crippen molar-refractivity contribution in [2.24, 2.45) is 0 Å². The molecule has 0 aromatic carbocycles. The van der Waals surface area contributed by atoms with E-state index in [0.717, 1.165) is 5.82 Å². The average molecular weight is 360 g/mol. The van der Waals surface area contributed by atoms with Gasteiger partial charge in [-0.05, 0) is 19.1 Å². The Morgan fingerprint density at radius 3 is 2.87 bits per heavy atom. The Hall–Kier alpha value is -1.67. The van der Waals surface area contributed by atoms with Gasteiger partial charge in [-0.25, -0.2) is 9.97 Å². The van der Waals surface area contributed by atoms with Crippen LogP contribution in [-0.4, -0.2) is 45.7 Å². The number of carbonyl (C=O) groups is 1. The van der Waals surface area contributed by atoms with Crippen LogP contribution in [0.5, 0.6) is 0 Å². The Morgan fingerprint density at radius 2 is 2.26 bits per heavy atom. The van der Waals surface area contributed by atoms with Gasteiger partial charge in [0.25, 0.3) is 0 Å². The summed E-state index contributed by atoms with van der Waals surface area (Å²) in [5.41, 5.74) is 0.656. The Kier molecular flexibility index (Phi) is 7.44.